The molecule has 1 aliphatic rings. The summed E-state index contributed by atoms with van der Waals surface area (Å²) in [5.74, 6) is -0.177. The molecule has 0 saturated carbocycles. The third kappa shape index (κ3) is 5.60. The normalized spacial score (nSPS) is 13.5. The lowest BCUT2D eigenvalue weighted by molar-refractivity contribution is -0.119. The molecule has 1 aliphatic heterocycles. The third-order valence-corrected chi connectivity index (χ3v) is 5.23. The van der Waals surface area contributed by atoms with Gasteiger partial charge in [0, 0.05) is 37.1 Å². The molecule has 2 aromatic heterocycles. The van der Waals surface area contributed by atoms with Crippen molar-refractivity contribution >= 4 is 29.0 Å². The van der Waals surface area contributed by atoms with Gasteiger partial charge in [-0.25, -0.2) is 14.3 Å². The molecule has 0 bridgehead atoms. The average molecular weight is 485 g/mol. The van der Waals surface area contributed by atoms with E-state index in [9.17, 15) is 9.59 Å². The highest BCUT2D eigenvalue weighted by Gasteiger charge is 2.22. The van der Waals surface area contributed by atoms with Gasteiger partial charge in [-0.15, -0.1) is 5.10 Å². The Labute approximate surface area is 202 Å². The number of benzene rings is 1. The van der Waals surface area contributed by atoms with Crippen LogP contribution in [0.15, 0.2) is 24.4 Å². The van der Waals surface area contributed by atoms with Crippen LogP contribution in [0, 0.1) is 6.92 Å². The maximum Gasteiger partial charge on any atom is 0.378 e. The number of nitrogens with one attached hydrogen (secondary N) is 1. The van der Waals surface area contributed by atoms with Crippen molar-refractivity contribution in [2.75, 3.05) is 56.3 Å². The zero-order valence-electron chi connectivity index (χ0n) is 19.9. The van der Waals surface area contributed by atoms with Crippen molar-refractivity contribution in [3.8, 4) is 11.5 Å². The molecule has 1 fully saturated rings. The van der Waals surface area contributed by atoms with E-state index in [1.807, 2.05) is 26.8 Å². The molecule has 3 aromatic rings. The monoisotopic (exact) mass is 484 g/mol. The summed E-state index contributed by atoms with van der Waals surface area (Å²) >= 11 is 0. The fourth-order valence-corrected chi connectivity index (χ4v) is 3.62. The van der Waals surface area contributed by atoms with Crippen LogP contribution in [0.4, 0.5) is 11.4 Å². The van der Waals surface area contributed by atoms with E-state index in [0.717, 1.165) is 24.5 Å². The average Bonchev–Trinajstić information content (AvgIpc) is 3.31. The molecular formula is C23H28N6O6. The molecule has 3 heterocycles. The van der Waals surface area contributed by atoms with Gasteiger partial charge >= 0.3 is 5.97 Å². The molecule has 1 N–H and O–H groups in total. The summed E-state index contributed by atoms with van der Waals surface area (Å²) in [5, 5.41) is 6.83. The Morgan fingerprint density at radius 3 is 2.57 bits per heavy atom. The Kier molecular flexibility index (Phi) is 7.60. The summed E-state index contributed by atoms with van der Waals surface area (Å²) < 4.78 is 23.6. The highest BCUT2D eigenvalue weighted by molar-refractivity contribution is 5.96. The van der Waals surface area contributed by atoms with Crippen LogP contribution >= 0.6 is 0 Å². The molecule has 12 heteroatoms. The number of amides is 1. The van der Waals surface area contributed by atoms with Gasteiger partial charge in [0.25, 0.3) is 17.5 Å². The molecule has 12 nitrogen and oxygen atoms in total. The number of fused-ring (bicyclic) bond motifs is 1. The molecule has 1 aromatic carbocycles. The molecule has 0 unspecified atom stereocenters. The van der Waals surface area contributed by atoms with Gasteiger partial charge in [-0.05, 0) is 26.8 Å². The highest BCUT2D eigenvalue weighted by atomic mass is 16.5. The Bertz CT molecular complexity index is 1210. The van der Waals surface area contributed by atoms with Gasteiger partial charge in [-0.2, -0.15) is 4.98 Å². The van der Waals surface area contributed by atoms with E-state index in [-0.39, 0.29) is 11.6 Å². The van der Waals surface area contributed by atoms with Crippen LogP contribution in [0.3, 0.4) is 0 Å². The molecule has 1 amide bonds. The number of hydrogen-bond acceptors (Lipinski definition) is 10. The quantitative estimate of drug-likeness (QED) is 0.449. The lowest BCUT2D eigenvalue weighted by atomic mass is 10.2. The molecule has 1 saturated heterocycles. The van der Waals surface area contributed by atoms with Gasteiger partial charge in [0.2, 0.25) is 0 Å². The van der Waals surface area contributed by atoms with Gasteiger partial charge in [0.05, 0.1) is 37.8 Å². The van der Waals surface area contributed by atoms with E-state index in [1.54, 1.807) is 18.3 Å². The summed E-state index contributed by atoms with van der Waals surface area (Å²) in [6.07, 6.45) is 1.57. The van der Waals surface area contributed by atoms with Crippen molar-refractivity contribution in [1.82, 2.24) is 19.6 Å². The number of nitrogens with zero attached hydrogens (tertiary/aromatic N) is 5. The minimum atomic E-state index is -0.826. The zero-order valence-corrected chi connectivity index (χ0v) is 19.9. The lowest BCUT2D eigenvalue weighted by Crippen LogP contribution is -2.36. The molecule has 4 rings (SSSR count). The van der Waals surface area contributed by atoms with Crippen LogP contribution in [-0.2, 0) is 14.3 Å². The number of aryl methyl sites for hydroxylation is 1. The summed E-state index contributed by atoms with van der Waals surface area (Å²) in [6.45, 7) is 8.58. The van der Waals surface area contributed by atoms with E-state index < -0.39 is 18.5 Å². The van der Waals surface area contributed by atoms with E-state index in [1.165, 1.54) is 4.52 Å². The number of aromatic nitrogens is 4. The SMILES string of the molecule is CCOc1cc(N2CCOCC2)c(OCC)cc1NC(=O)COC(=O)c1nc2nccc(C)n2n1. The molecule has 186 valence electrons. The Hall–Kier alpha value is -3.93. The number of carbonyl (C=O) groups excluding carboxylic acids is 2. The first-order valence-electron chi connectivity index (χ1n) is 11.4. The third-order valence-electron chi connectivity index (χ3n) is 5.23. The predicted octanol–water partition coefficient (Wildman–Crippen LogP) is 1.86. The first kappa shape index (κ1) is 24.2. The fourth-order valence-electron chi connectivity index (χ4n) is 3.62. The van der Waals surface area contributed by atoms with E-state index in [0.29, 0.717) is 43.6 Å². The maximum absolute atomic E-state index is 12.6. The summed E-state index contributed by atoms with van der Waals surface area (Å²) in [5.41, 5.74) is 2.04. The second-order valence-corrected chi connectivity index (χ2v) is 7.64. The number of hydrogen-bond donors (Lipinski definition) is 1. The van der Waals surface area contributed by atoms with Crippen molar-refractivity contribution in [1.29, 1.82) is 0 Å². The van der Waals surface area contributed by atoms with Gasteiger partial charge in [0.1, 0.15) is 11.5 Å². The van der Waals surface area contributed by atoms with Gasteiger partial charge in [-0.1, -0.05) is 0 Å². The first-order chi connectivity index (χ1) is 17.0. The summed E-state index contributed by atoms with van der Waals surface area (Å²) in [7, 11) is 0. The van der Waals surface area contributed by atoms with Gasteiger partial charge < -0.3 is 29.2 Å². The van der Waals surface area contributed by atoms with Crippen LogP contribution in [0.1, 0.15) is 30.2 Å². The molecular weight excluding hydrogens is 456 g/mol. The number of rotatable bonds is 9. The Morgan fingerprint density at radius 2 is 1.86 bits per heavy atom. The smallest absolute Gasteiger partial charge is 0.378 e. The second-order valence-electron chi connectivity index (χ2n) is 7.64. The summed E-state index contributed by atoms with van der Waals surface area (Å²) in [6, 6.07) is 5.30. The van der Waals surface area contributed by atoms with E-state index in [4.69, 9.17) is 18.9 Å². The van der Waals surface area contributed by atoms with Crippen molar-refractivity contribution in [3.63, 3.8) is 0 Å². The van der Waals surface area contributed by atoms with Crippen LogP contribution in [-0.4, -0.2) is 77.6 Å². The molecule has 0 atom stereocenters. The van der Waals surface area contributed by atoms with Crippen molar-refractivity contribution in [3.05, 3.63) is 35.9 Å². The first-order valence-corrected chi connectivity index (χ1v) is 11.4. The van der Waals surface area contributed by atoms with Gasteiger partial charge in [-0.3, -0.25) is 4.79 Å². The van der Waals surface area contributed by atoms with Crippen molar-refractivity contribution in [2.45, 2.75) is 20.8 Å². The minimum absolute atomic E-state index is 0.178. The van der Waals surface area contributed by atoms with Gasteiger partial charge in [0.15, 0.2) is 6.61 Å². The largest absolute Gasteiger partial charge is 0.492 e. The predicted molar refractivity (Wildman–Crippen MR) is 126 cm³/mol. The Morgan fingerprint density at radius 1 is 1.11 bits per heavy atom. The van der Waals surface area contributed by atoms with Crippen molar-refractivity contribution in [2.24, 2.45) is 0 Å². The summed E-state index contributed by atoms with van der Waals surface area (Å²) in [4.78, 5) is 35.3. The van der Waals surface area contributed by atoms with Crippen LogP contribution < -0.4 is 19.7 Å². The zero-order chi connectivity index (χ0) is 24.8. The number of morpholine rings is 1. The maximum atomic E-state index is 12.6. The van der Waals surface area contributed by atoms with Crippen molar-refractivity contribution < 1.29 is 28.5 Å². The number of carbonyl (C=O) groups is 2. The van der Waals surface area contributed by atoms with Crippen LogP contribution in [0.5, 0.6) is 11.5 Å². The highest BCUT2D eigenvalue weighted by Crippen LogP contribution is 2.39. The lowest BCUT2D eigenvalue weighted by Gasteiger charge is -2.31. The van der Waals surface area contributed by atoms with E-state index >= 15 is 0 Å². The molecule has 0 spiro atoms. The topological polar surface area (TPSA) is 129 Å². The van der Waals surface area contributed by atoms with Crippen LogP contribution in [0.2, 0.25) is 0 Å². The molecule has 0 aliphatic carbocycles. The molecule has 0 radical (unpaired) electrons. The number of anilines is 2. The molecule has 35 heavy (non-hydrogen) atoms. The Balaban J connectivity index is 1.47. The van der Waals surface area contributed by atoms with Crippen LogP contribution in [0.25, 0.3) is 5.78 Å². The second kappa shape index (κ2) is 11.0. The fraction of sp³-hybridized carbons (Fsp3) is 0.435. The van der Waals surface area contributed by atoms with E-state index in [2.05, 4.69) is 25.3 Å². The standard InChI is InChI=1S/C23H28N6O6/c1-4-33-18-13-17(28-8-10-32-11-9-28)19(34-5-2)12-16(18)25-20(30)14-35-22(31)21-26-23-24-7-6-15(3)29(23)27-21/h6-7,12-13H,4-5,8-11,14H2,1-3H3,(H,25,30). The minimum Gasteiger partial charge on any atom is -0.492 e. The number of ether oxygens (including phenoxy) is 4. The number of esters is 1.